The van der Waals surface area contributed by atoms with Crippen molar-refractivity contribution in [3.63, 3.8) is 0 Å². The highest BCUT2D eigenvalue weighted by atomic mass is 16.6. The second-order valence-electron chi connectivity index (χ2n) is 7.72. The Labute approximate surface area is 184 Å². The molecule has 162 valence electrons. The van der Waals surface area contributed by atoms with Gasteiger partial charge in [-0.25, -0.2) is 15.0 Å². The van der Waals surface area contributed by atoms with Crippen LogP contribution in [0.1, 0.15) is 5.69 Å². The van der Waals surface area contributed by atoms with Gasteiger partial charge in [-0.15, -0.1) is 0 Å². The van der Waals surface area contributed by atoms with Crippen LogP contribution in [-0.4, -0.2) is 55.4 Å². The minimum atomic E-state index is -0.387. The van der Waals surface area contributed by atoms with E-state index in [0.29, 0.717) is 17.8 Å². The zero-order chi connectivity index (χ0) is 22.1. The number of hydrogen-bond donors (Lipinski definition) is 1. The fraction of sp³-hybridized carbons (Fsp3) is 0.227. The molecule has 4 aromatic rings. The molecule has 0 bridgehead atoms. The Morgan fingerprint density at radius 1 is 1.03 bits per heavy atom. The van der Waals surface area contributed by atoms with E-state index in [1.165, 1.54) is 6.07 Å². The number of benzene rings is 1. The maximum absolute atomic E-state index is 11.3. The van der Waals surface area contributed by atoms with Crippen LogP contribution in [0.5, 0.6) is 0 Å². The molecule has 10 nitrogen and oxygen atoms in total. The largest absolute Gasteiger partial charge is 0.398 e. The van der Waals surface area contributed by atoms with Crippen LogP contribution in [0.4, 0.5) is 17.3 Å². The summed E-state index contributed by atoms with van der Waals surface area (Å²) in [4.78, 5) is 28.9. The van der Waals surface area contributed by atoms with Gasteiger partial charge in [-0.3, -0.25) is 15.0 Å². The Morgan fingerprint density at radius 2 is 1.81 bits per heavy atom. The van der Waals surface area contributed by atoms with E-state index >= 15 is 0 Å². The third kappa shape index (κ3) is 3.83. The first-order chi connectivity index (χ1) is 15.6. The van der Waals surface area contributed by atoms with Crippen LogP contribution in [0.2, 0.25) is 0 Å². The molecular formula is C22H22N8O2. The molecule has 1 aromatic carbocycles. The van der Waals surface area contributed by atoms with Crippen molar-refractivity contribution in [1.29, 1.82) is 0 Å². The Balaban J connectivity index is 1.45. The maximum Gasteiger partial charge on any atom is 0.270 e. The zero-order valence-corrected chi connectivity index (χ0v) is 17.3. The first kappa shape index (κ1) is 19.9. The summed E-state index contributed by atoms with van der Waals surface area (Å²) < 4.78 is 1.98. The minimum Gasteiger partial charge on any atom is -0.398 e. The molecule has 1 aliphatic heterocycles. The van der Waals surface area contributed by atoms with Crippen molar-refractivity contribution in [3.05, 3.63) is 76.9 Å². The summed E-state index contributed by atoms with van der Waals surface area (Å²) >= 11 is 0. The predicted octanol–water partition coefficient (Wildman–Crippen LogP) is 2.60. The van der Waals surface area contributed by atoms with Crippen molar-refractivity contribution in [2.24, 2.45) is 0 Å². The van der Waals surface area contributed by atoms with E-state index in [-0.39, 0.29) is 10.6 Å². The molecule has 0 atom stereocenters. The van der Waals surface area contributed by atoms with Gasteiger partial charge in [0.1, 0.15) is 5.65 Å². The van der Waals surface area contributed by atoms with Crippen LogP contribution in [0.15, 0.2) is 61.1 Å². The van der Waals surface area contributed by atoms with Crippen LogP contribution in [0.25, 0.3) is 16.9 Å². The molecule has 0 radical (unpaired) electrons. The second kappa shape index (κ2) is 8.23. The zero-order valence-electron chi connectivity index (χ0n) is 17.3. The molecule has 3 aromatic heterocycles. The van der Waals surface area contributed by atoms with Crippen molar-refractivity contribution < 1.29 is 4.92 Å². The molecule has 0 spiro atoms. The summed E-state index contributed by atoms with van der Waals surface area (Å²) in [5, 5.41) is 11.3. The summed E-state index contributed by atoms with van der Waals surface area (Å²) in [7, 11) is 0. The highest BCUT2D eigenvalue weighted by Crippen LogP contribution is 2.29. The lowest BCUT2D eigenvalue weighted by Crippen LogP contribution is -2.46. The van der Waals surface area contributed by atoms with Crippen LogP contribution in [0.3, 0.4) is 0 Å². The van der Waals surface area contributed by atoms with E-state index in [1.54, 1.807) is 24.5 Å². The van der Waals surface area contributed by atoms with Crippen molar-refractivity contribution in [2.75, 3.05) is 36.8 Å². The molecule has 0 unspecified atom stereocenters. The molecule has 0 aliphatic carbocycles. The number of fused-ring (bicyclic) bond motifs is 1. The molecular weight excluding hydrogens is 408 g/mol. The first-order valence-electron chi connectivity index (χ1n) is 10.3. The average molecular weight is 430 g/mol. The number of nitro benzene ring substituents is 1. The lowest BCUT2D eigenvalue weighted by atomic mass is 10.1. The molecule has 1 saturated heterocycles. The van der Waals surface area contributed by atoms with E-state index in [1.807, 2.05) is 34.9 Å². The molecule has 32 heavy (non-hydrogen) atoms. The number of aromatic nitrogens is 4. The number of nitrogens with two attached hydrogens (primary N) is 1. The normalized spacial score (nSPS) is 14.7. The van der Waals surface area contributed by atoms with Gasteiger partial charge in [-0.1, -0.05) is 12.1 Å². The van der Waals surface area contributed by atoms with Crippen LogP contribution < -0.4 is 10.6 Å². The topological polar surface area (TPSA) is 119 Å². The number of nitrogens with zero attached hydrogens (tertiary/aromatic N) is 7. The lowest BCUT2D eigenvalue weighted by molar-refractivity contribution is -0.384. The Morgan fingerprint density at radius 3 is 2.56 bits per heavy atom. The molecule has 0 amide bonds. The molecule has 1 aliphatic rings. The second-order valence-corrected chi connectivity index (χ2v) is 7.72. The van der Waals surface area contributed by atoms with E-state index in [0.717, 1.165) is 49.2 Å². The Bertz CT molecular complexity index is 1270. The fourth-order valence-corrected chi connectivity index (χ4v) is 4.03. The smallest absolute Gasteiger partial charge is 0.270 e. The molecule has 4 heterocycles. The van der Waals surface area contributed by atoms with Gasteiger partial charge in [-0.05, 0) is 18.2 Å². The third-order valence-corrected chi connectivity index (χ3v) is 5.65. The average Bonchev–Trinajstić information content (AvgIpc) is 3.17. The lowest BCUT2D eigenvalue weighted by Gasteiger charge is -2.34. The number of rotatable bonds is 5. The number of non-ortho nitro benzene ring substituents is 1. The molecule has 5 rings (SSSR count). The molecule has 0 saturated carbocycles. The number of pyridine rings is 1. The number of imidazole rings is 1. The Hall–Kier alpha value is -4.05. The highest BCUT2D eigenvalue weighted by molar-refractivity contribution is 5.69. The molecule has 10 heteroatoms. The summed E-state index contributed by atoms with van der Waals surface area (Å²) in [5.74, 6) is 0.743. The van der Waals surface area contributed by atoms with Crippen molar-refractivity contribution in [3.8, 4) is 11.3 Å². The van der Waals surface area contributed by atoms with Gasteiger partial charge in [0.2, 0.25) is 5.95 Å². The van der Waals surface area contributed by atoms with Crippen molar-refractivity contribution in [1.82, 2.24) is 24.3 Å². The maximum atomic E-state index is 11.3. The van der Waals surface area contributed by atoms with E-state index < -0.39 is 0 Å². The van der Waals surface area contributed by atoms with Gasteiger partial charge < -0.3 is 15.0 Å². The minimum absolute atomic E-state index is 0.0431. The van der Waals surface area contributed by atoms with Gasteiger partial charge in [-0.2, -0.15) is 0 Å². The summed E-state index contributed by atoms with van der Waals surface area (Å²) in [6.45, 7) is 3.94. The number of piperazine rings is 1. The SMILES string of the molecule is Nc1ccc2nc(-c3cccc([N+](=O)[O-])c3)c(CN3CCN(c4ncccn4)CC3)n2c1. The van der Waals surface area contributed by atoms with Crippen LogP contribution in [-0.2, 0) is 6.54 Å². The van der Waals surface area contributed by atoms with Crippen LogP contribution >= 0.6 is 0 Å². The third-order valence-electron chi connectivity index (χ3n) is 5.65. The number of hydrogen-bond acceptors (Lipinski definition) is 8. The van der Waals surface area contributed by atoms with Crippen molar-refractivity contribution in [2.45, 2.75) is 6.54 Å². The first-order valence-corrected chi connectivity index (χ1v) is 10.3. The van der Waals surface area contributed by atoms with Crippen LogP contribution in [0, 0.1) is 10.1 Å². The summed E-state index contributed by atoms with van der Waals surface area (Å²) in [6.07, 6.45) is 5.36. The summed E-state index contributed by atoms with van der Waals surface area (Å²) in [5.41, 5.74) is 9.88. The van der Waals surface area contributed by atoms with Gasteiger partial charge in [0, 0.05) is 74.7 Å². The predicted molar refractivity (Wildman–Crippen MR) is 121 cm³/mol. The quantitative estimate of drug-likeness (QED) is 0.379. The monoisotopic (exact) mass is 430 g/mol. The van der Waals surface area contributed by atoms with E-state index in [4.69, 9.17) is 10.7 Å². The van der Waals surface area contributed by atoms with Crippen molar-refractivity contribution >= 4 is 23.0 Å². The van der Waals surface area contributed by atoms with Gasteiger partial charge in [0.05, 0.1) is 16.3 Å². The molecule has 2 N–H and O–H groups in total. The number of nitro groups is 1. The number of nitrogen functional groups attached to an aromatic ring is 1. The highest BCUT2D eigenvalue weighted by Gasteiger charge is 2.23. The van der Waals surface area contributed by atoms with Gasteiger partial charge in [0.15, 0.2) is 0 Å². The standard InChI is InChI=1S/C22H22N8O2/c23-17-5-6-20-26-21(16-3-1-4-18(13-16)30(31)32)19(29(20)14-17)15-27-9-11-28(12-10-27)22-24-7-2-8-25-22/h1-8,13-14H,9-12,15,23H2. The van der Waals surface area contributed by atoms with Gasteiger partial charge in [0.25, 0.3) is 5.69 Å². The van der Waals surface area contributed by atoms with E-state index in [9.17, 15) is 10.1 Å². The summed E-state index contributed by atoms with van der Waals surface area (Å²) in [6, 6.07) is 12.1. The van der Waals surface area contributed by atoms with Gasteiger partial charge >= 0.3 is 0 Å². The molecule has 1 fully saturated rings. The fourth-order valence-electron chi connectivity index (χ4n) is 4.03. The number of anilines is 2. The Kier molecular flexibility index (Phi) is 5.12. The van der Waals surface area contributed by atoms with E-state index in [2.05, 4.69) is 19.8 Å².